The fourth-order valence-electron chi connectivity index (χ4n) is 0.762. The molecule has 0 aliphatic rings. The highest BCUT2D eigenvalue weighted by atomic mass is 79.9. The van der Waals surface area contributed by atoms with Crippen molar-refractivity contribution in [2.24, 2.45) is 0 Å². The van der Waals surface area contributed by atoms with Crippen LogP contribution in [0.5, 0.6) is 5.75 Å². The molecule has 68 valence electrons. The van der Waals surface area contributed by atoms with Crippen LogP contribution in [0.1, 0.15) is 6.92 Å². The van der Waals surface area contributed by atoms with Gasteiger partial charge < -0.3 is 4.74 Å². The second-order valence-electron chi connectivity index (χ2n) is 2.34. The van der Waals surface area contributed by atoms with Gasteiger partial charge in [0.05, 0.1) is 4.48 Å². The topological polar surface area (TPSA) is 26.3 Å². The van der Waals surface area contributed by atoms with Gasteiger partial charge in [-0.2, -0.15) is 0 Å². The van der Waals surface area contributed by atoms with E-state index in [1.54, 1.807) is 25.1 Å². The van der Waals surface area contributed by atoms with Gasteiger partial charge in [-0.25, -0.2) is 4.79 Å². The van der Waals surface area contributed by atoms with Crippen LogP contribution in [0.15, 0.2) is 40.9 Å². The zero-order valence-electron chi connectivity index (χ0n) is 7.16. The van der Waals surface area contributed by atoms with Crippen LogP contribution < -0.4 is 4.74 Å². The summed E-state index contributed by atoms with van der Waals surface area (Å²) in [5, 5.41) is 0. The van der Waals surface area contributed by atoms with E-state index in [0.717, 1.165) is 0 Å². The van der Waals surface area contributed by atoms with Crippen molar-refractivity contribution in [3.05, 3.63) is 40.9 Å². The molecule has 0 unspecified atom stereocenters. The smallest absolute Gasteiger partial charge is 0.350 e. The number of para-hydroxylation sites is 1. The second kappa shape index (κ2) is 4.82. The Morgan fingerprint density at radius 3 is 2.54 bits per heavy atom. The van der Waals surface area contributed by atoms with Crippen molar-refractivity contribution in [2.45, 2.75) is 6.92 Å². The summed E-state index contributed by atoms with van der Waals surface area (Å²) in [6, 6.07) is 8.95. The molecule has 1 rings (SSSR count). The molecule has 0 aliphatic heterocycles. The number of carbonyl (C=O) groups excluding carboxylic acids is 1. The van der Waals surface area contributed by atoms with Gasteiger partial charge >= 0.3 is 5.97 Å². The maximum atomic E-state index is 11.2. The minimum Gasteiger partial charge on any atom is -0.423 e. The normalized spacial score (nSPS) is 11.1. The molecule has 0 bridgehead atoms. The third-order valence-electron chi connectivity index (χ3n) is 1.40. The van der Waals surface area contributed by atoms with Gasteiger partial charge in [0, 0.05) is 0 Å². The van der Waals surface area contributed by atoms with Crippen molar-refractivity contribution in [3.8, 4) is 5.75 Å². The quantitative estimate of drug-likeness (QED) is 0.452. The van der Waals surface area contributed by atoms with Gasteiger partial charge in [0.25, 0.3) is 0 Å². The van der Waals surface area contributed by atoms with E-state index in [-0.39, 0.29) is 5.97 Å². The van der Waals surface area contributed by atoms with Crippen LogP contribution in [0, 0.1) is 0 Å². The molecule has 0 radical (unpaired) electrons. The number of hydrogen-bond acceptors (Lipinski definition) is 2. The molecule has 1 aromatic carbocycles. The molecule has 0 N–H and O–H groups in total. The van der Waals surface area contributed by atoms with E-state index in [1.165, 1.54) is 0 Å². The maximum Gasteiger partial charge on any atom is 0.350 e. The summed E-state index contributed by atoms with van der Waals surface area (Å²) >= 11 is 3.09. The molecule has 2 nitrogen and oxygen atoms in total. The summed E-state index contributed by atoms with van der Waals surface area (Å²) in [5.74, 6) is 0.167. The largest absolute Gasteiger partial charge is 0.423 e. The van der Waals surface area contributed by atoms with Gasteiger partial charge in [-0.15, -0.1) is 0 Å². The van der Waals surface area contributed by atoms with Crippen LogP contribution >= 0.6 is 15.9 Å². The van der Waals surface area contributed by atoms with Crippen molar-refractivity contribution >= 4 is 21.9 Å². The number of allylic oxidation sites excluding steroid dienone is 1. The molecule has 3 heteroatoms. The zero-order valence-corrected chi connectivity index (χ0v) is 8.74. The minimum absolute atomic E-state index is 0.381. The SMILES string of the molecule is CC=C(Br)C(=O)Oc1ccccc1. The fourth-order valence-corrected chi connectivity index (χ4v) is 0.843. The number of ether oxygens (including phenoxy) is 1. The van der Waals surface area contributed by atoms with Gasteiger partial charge in [-0.3, -0.25) is 0 Å². The van der Waals surface area contributed by atoms with E-state index in [9.17, 15) is 4.79 Å². The molecule has 0 saturated heterocycles. The third kappa shape index (κ3) is 3.03. The summed E-state index contributed by atoms with van der Waals surface area (Å²) in [6.45, 7) is 1.76. The third-order valence-corrected chi connectivity index (χ3v) is 2.18. The summed E-state index contributed by atoms with van der Waals surface area (Å²) in [4.78, 5) is 11.2. The van der Waals surface area contributed by atoms with Crippen molar-refractivity contribution in [2.75, 3.05) is 0 Å². The molecular weight excluding hydrogens is 232 g/mol. The van der Waals surface area contributed by atoms with Crippen molar-refractivity contribution in [1.82, 2.24) is 0 Å². The standard InChI is InChI=1S/C10H9BrO2/c1-2-9(11)10(12)13-8-6-4-3-5-7-8/h2-7H,1H3. The molecule has 13 heavy (non-hydrogen) atoms. The molecule has 1 aromatic rings. The zero-order chi connectivity index (χ0) is 9.68. The van der Waals surface area contributed by atoms with E-state index in [0.29, 0.717) is 10.2 Å². The second-order valence-corrected chi connectivity index (χ2v) is 3.19. The van der Waals surface area contributed by atoms with Crippen LogP contribution in [0.2, 0.25) is 0 Å². The molecule has 0 saturated carbocycles. The van der Waals surface area contributed by atoms with Gasteiger partial charge in [-0.1, -0.05) is 24.3 Å². The number of benzene rings is 1. The summed E-state index contributed by atoms with van der Waals surface area (Å²) < 4.78 is 5.44. The molecule has 0 spiro atoms. The Balaban J connectivity index is 2.66. The number of carbonyl (C=O) groups is 1. The lowest BCUT2D eigenvalue weighted by Crippen LogP contribution is -2.06. The highest BCUT2D eigenvalue weighted by Crippen LogP contribution is 2.13. The van der Waals surface area contributed by atoms with E-state index in [2.05, 4.69) is 15.9 Å². The van der Waals surface area contributed by atoms with Crippen LogP contribution in [0.25, 0.3) is 0 Å². The van der Waals surface area contributed by atoms with Crippen molar-refractivity contribution < 1.29 is 9.53 Å². The Labute approximate surface area is 85.3 Å². The van der Waals surface area contributed by atoms with Gasteiger partial charge in [0.15, 0.2) is 0 Å². The molecule has 0 atom stereocenters. The Bertz CT molecular complexity index is 317. The first-order valence-corrected chi connectivity index (χ1v) is 4.62. The monoisotopic (exact) mass is 240 g/mol. The highest BCUT2D eigenvalue weighted by molar-refractivity contribution is 9.12. The molecule has 0 aliphatic carbocycles. The van der Waals surface area contributed by atoms with Gasteiger partial charge in [0.1, 0.15) is 5.75 Å². The number of hydrogen-bond donors (Lipinski definition) is 0. The molecule has 0 amide bonds. The average molecular weight is 241 g/mol. The molecule has 0 aromatic heterocycles. The van der Waals surface area contributed by atoms with Crippen molar-refractivity contribution in [1.29, 1.82) is 0 Å². The lowest BCUT2D eigenvalue weighted by Gasteiger charge is -2.01. The Hall–Kier alpha value is -1.09. The summed E-state index contributed by atoms with van der Waals surface area (Å²) in [6.07, 6.45) is 1.64. The molecule has 0 heterocycles. The van der Waals surface area contributed by atoms with Crippen LogP contribution in [0.3, 0.4) is 0 Å². The van der Waals surface area contributed by atoms with E-state index < -0.39 is 0 Å². The first kappa shape index (κ1) is 9.99. The lowest BCUT2D eigenvalue weighted by molar-refractivity contribution is -0.129. The Morgan fingerprint density at radius 2 is 2.00 bits per heavy atom. The number of rotatable bonds is 2. The Morgan fingerprint density at radius 1 is 1.38 bits per heavy atom. The Kier molecular flexibility index (Phi) is 3.71. The summed E-state index contributed by atoms with van der Waals surface area (Å²) in [5.41, 5.74) is 0. The van der Waals surface area contributed by atoms with E-state index >= 15 is 0 Å². The molecular formula is C10H9BrO2. The van der Waals surface area contributed by atoms with Crippen molar-refractivity contribution in [3.63, 3.8) is 0 Å². The lowest BCUT2D eigenvalue weighted by atomic mass is 10.3. The predicted molar refractivity (Wildman–Crippen MR) is 54.8 cm³/mol. The first-order chi connectivity index (χ1) is 6.24. The first-order valence-electron chi connectivity index (χ1n) is 3.83. The summed E-state index contributed by atoms with van der Waals surface area (Å²) in [7, 11) is 0. The fraction of sp³-hybridized carbons (Fsp3) is 0.100. The predicted octanol–water partition coefficient (Wildman–Crippen LogP) is 2.89. The highest BCUT2D eigenvalue weighted by Gasteiger charge is 2.06. The minimum atomic E-state index is -0.381. The average Bonchev–Trinajstić information content (AvgIpc) is 2.18. The van der Waals surface area contributed by atoms with Crippen LogP contribution in [0.4, 0.5) is 0 Å². The van der Waals surface area contributed by atoms with E-state index in [4.69, 9.17) is 4.74 Å². The van der Waals surface area contributed by atoms with Gasteiger partial charge in [0.2, 0.25) is 0 Å². The van der Waals surface area contributed by atoms with Gasteiger partial charge in [-0.05, 0) is 35.0 Å². The van der Waals surface area contributed by atoms with Crippen LogP contribution in [-0.2, 0) is 4.79 Å². The maximum absolute atomic E-state index is 11.2. The number of halogens is 1. The number of esters is 1. The molecule has 0 fully saturated rings. The van der Waals surface area contributed by atoms with Crippen LogP contribution in [-0.4, -0.2) is 5.97 Å². The van der Waals surface area contributed by atoms with E-state index in [1.807, 2.05) is 18.2 Å².